The van der Waals surface area contributed by atoms with Crippen LogP contribution >= 0.6 is 0 Å². The third-order valence-electron chi connectivity index (χ3n) is 4.62. The third-order valence-corrected chi connectivity index (χ3v) is 4.62. The molecule has 0 spiro atoms. The van der Waals surface area contributed by atoms with Crippen LogP contribution in [0.1, 0.15) is 54.5 Å². The molecule has 0 radical (unpaired) electrons. The predicted molar refractivity (Wildman–Crippen MR) is 104 cm³/mol. The van der Waals surface area contributed by atoms with Crippen molar-refractivity contribution < 1.29 is 18.0 Å². The highest BCUT2D eigenvalue weighted by Crippen LogP contribution is 2.30. The van der Waals surface area contributed by atoms with E-state index in [9.17, 15) is 22.8 Å². The third kappa shape index (κ3) is 4.16. The van der Waals surface area contributed by atoms with Crippen molar-refractivity contribution in [3.05, 3.63) is 75.7 Å². The van der Waals surface area contributed by atoms with Crippen LogP contribution in [0, 0.1) is 0 Å². The van der Waals surface area contributed by atoms with E-state index in [2.05, 4.69) is 10.4 Å². The summed E-state index contributed by atoms with van der Waals surface area (Å²) in [5, 5.41) is 7.79. The molecule has 1 amide bonds. The van der Waals surface area contributed by atoms with E-state index in [1.165, 1.54) is 16.8 Å². The summed E-state index contributed by atoms with van der Waals surface area (Å²) in [5.74, 6) is -0.511. The van der Waals surface area contributed by atoms with Crippen molar-refractivity contribution in [3.63, 3.8) is 0 Å². The largest absolute Gasteiger partial charge is 0.416 e. The van der Waals surface area contributed by atoms with E-state index < -0.39 is 23.7 Å². The number of aromatic nitrogens is 2. The van der Waals surface area contributed by atoms with Gasteiger partial charge in [-0.15, -0.1) is 0 Å². The predicted octanol–water partition coefficient (Wildman–Crippen LogP) is 4.49. The van der Waals surface area contributed by atoms with Crippen molar-refractivity contribution in [2.24, 2.45) is 0 Å². The number of carbonyl (C=O) groups excluding carboxylic acids is 1. The molecule has 1 aromatic heterocycles. The summed E-state index contributed by atoms with van der Waals surface area (Å²) in [5.41, 5.74) is -0.431. The Balaban J connectivity index is 1.94. The van der Waals surface area contributed by atoms with Crippen LogP contribution in [0.15, 0.2) is 53.3 Å². The van der Waals surface area contributed by atoms with Crippen LogP contribution in [0.2, 0.25) is 0 Å². The number of fused-ring (bicyclic) bond motifs is 1. The fourth-order valence-electron chi connectivity index (χ4n) is 3.03. The standard InChI is InChI=1S/C21H20F3N3O2/c1-12(2)27-20(29)17-7-5-4-6-16(17)18(26-27)19(28)25-13(3)14-8-10-15(11-9-14)21(22,23)24/h4-13H,1-3H3,(H,25,28). The lowest BCUT2D eigenvalue weighted by molar-refractivity contribution is -0.137. The van der Waals surface area contributed by atoms with Crippen molar-refractivity contribution in [1.82, 2.24) is 15.1 Å². The Morgan fingerprint density at radius 3 is 2.14 bits per heavy atom. The average Bonchev–Trinajstić information content (AvgIpc) is 2.67. The molecule has 0 saturated heterocycles. The molecule has 0 bridgehead atoms. The van der Waals surface area contributed by atoms with Gasteiger partial charge in [0.1, 0.15) is 0 Å². The van der Waals surface area contributed by atoms with Crippen molar-refractivity contribution in [1.29, 1.82) is 0 Å². The fraction of sp³-hybridized carbons (Fsp3) is 0.286. The maximum absolute atomic E-state index is 12.9. The maximum Gasteiger partial charge on any atom is 0.416 e. The molecule has 29 heavy (non-hydrogen) atoms. The highest BCUT2D eigenvalue weighted by Gasteiger charge is 2.30. The Kier molecular flexibility index (Phi) is 5.46. The minimum atomic E-state index is -4.42. The van der Waals surface area contributed by atoms with Gasteiger partial charge in [-0.3, -0.25) is 9.59 Å². The number of carbonyl (C=O) groups is 1. The molecule has 0 aliphatic rings. The van der Waals surface area contributed by atoms with E-state index in [1.807, 2.05) is 0 Å². The molecule has 152 valence electrons. The van der Waals surface area contributed by atoms with E-state index in [0.717, 1.165) is 12.1 Å². The van der Waals surface area contributed by atoms with Gasteiger partial charge in [-0.2, -0.15) is 18.3 Å². The van der Waals surface area contributed by atoms with Gasteiger partial charge < -0.3 is 5.32 Å². The number of nitrogens with zero attached hydrogens (tertiary/aromatic N) is 2. The van der Waals surface area contributed by atoms with Crippen molar-refractivity contribution in [3.8, 4) is 0 Å². The molecule has 0 aliphatic carbocycles. The quantitative estimate of drug-likeness (QED) is 0.698. The lowest BCUT2D eigenvalue weighted by Gasteiger charge is -2.17. The summed E-state index contributed by atoms with van der Waals surface area (Å²) in [6.45, 7) is 5.24. The first-order valence-electron chi connectivity index (χ1n) is 9.09. The van der Waals surface area contributed by atoms with Crippen LogP contribution in [0.4, 0.5) is 13.2 Å². The number of alkyl halides is 3. The van der Waals surface area contributed by atoms with Gasteiger partial charge >= 0.3 is 6.18 Å². The number of halogens is 3. The smallest absolute Gasteiger partial charge is 0.344 e. The zero-order valence-electron chi connectivity index (χ0n) is 16.1. The van der Waals surface area contributed by atoms with Gasteiger partial charge in [0.2, 0.25) is 0 Å². The zero-order valence-corrected chi connectivity index (χ0v) is 16.1. The number of amides is 1. The normalized spacial score (nSPS) is 12.9. The fourth-order valence-corrected chi connectivity index (χ4v) is 3.03. The molecule has 2 aromatic carbocycles. The van der Waals surface area contributed by atoms with E-state index in [1.54, 1.807) is 45.0 Å². The number of benzene rings is 2. The lowest BCUT2D eigenvalue weighted by atomic mass is 10.1. The summed E-state index contributed by atoms with van der Waals surface area (Å²) < 4.78 is 39.4. The second kappa shape index (κ2) is 7.69. The molecule has 3 aromatic rings. The van der Waals surface area contributed by atoms with E-state index in [4.69, 9.17) is 0 Å². The second-order valence-electron chi connectivity index (χ2n) is 7.05. The molecular formula is C21H20F3N3O2. The summed E-state index contributed by atoms with van der Waals surface area (Å²) >= 11 is 0. The van der Waals surface area contributed by atoms with Crippen LogP contribution in [-0.4, -0.2) is 15.7 Å². The van der Waals surface area contributed by atoms with Crippen LogP contribution in [0.3, 0.4) is 0 Å². The maximum atomic E-state index is 12.9. The zero-order chi connectivity index (χ0) is 21.3. The van der Waals surface area contributed by atoms with Crippen molar-refractivity contribution in [2.45, 2.75) is 39.0 Å². The van der Waals surface area contributed by atoms with Crippen LogP contribution in [0.25, 0.3) is 10.8 Å². The van der Waals surface area contributed by atoms with E-state index in [-0.39, 0.29) is 17.3 Å². The first kappa shape index (κ1) is 20.6. The van der Waals surface area contributed by atoms with Gasteiger partial charge in [-0.1, -0.05) is 30.3 Å². The summed E-state index contributed by atoms with van der Waals surface area (Å²) in [4.78, 5) is 25.5. The molecule has 1 N–H and O–H groups in total. The number of nitrogens with one attached hydrogen (secondary N) is 1. The average molecular weight is 403 g/mol. The van der Waals surface area contributed by atoms with E-state index >= 15 is 0 Å². The van der Waals surface area contributed by atoms with Gasteiger partial charge in [0.25, 0.3) is 11.5 Å². The summed E-state index contributed by atoms with van der Waals surface area (Å²) in [7, 11) is 0. The molecule has 0 fully saturated rings. The Labute approximate surface area is 165 Å². The van der Waals surface area contributed by atoms with Crippen LogP contribution in [-0.2, 0) is 6.18 Å². The second-order valence-corrected chi connectivity index (χ2v) is 7.05. The molecule has 0 saturated carbocycles. The van der Waals surface area contributed by atoms with Gasteiger partial charge in [-0.05, 0) is 44.5 Å². The molecule has 1 unspecified atom stereocenters. The Hall–Kier alpha value is -3.16. The lowest BCUT2D eigenvalue weighted by Crippen LogP contribution is -2.32. The highest BCUT2D eigenvalue weighted by atomic mass is 19.4. The van der Waals surface area contributed by atoms with Gasteiger partial charge in [0.05, 0.1) is 23.0 Å². The SMILES string of the molecule is CC(NC(=O)c1nn(C(C)C)c(=O)c2ccccc12)c1ccc(C(F)(F)F)cc1. The Morgan fingerprint density at radius 2 is 1.59 bits per heavy atom. The minimum Gasteiger partial charge on any atom is -0.344 e. The monoisotopic (exact) mass is 403 g/mol. The van der Waals surface area contributed by atoms with Gasteiger partial charge in [0.15, 0.2) is 5.69 Å². The summed E-state index contributed by atoms with van der Waals surface area (Å²) in [6, 6.07) is 10.5. The molecule has 3 rings (SSSR count). The molecule has 1 atom stereocenters. The first-order valence-corrected chi connectivity index (χ1v) is 9.09. The number of hydrogen-bond donors (Lipinski definition) is 1. The van der Waals surface area contributed by atoms with Gasteiger partial charge in [0, 0.05) is 5.39 Å². The Morgan fingerprint density at radius 1 is 1.00 bits per heavy atom. The number of hydrogen-bond acceptors (Lipinski definition) is 3. The van der Waals surface area contributed by atoms with Crippen LogP contribution in [0.5, 0.6) is 0 Å². The Bertz CT molecular complexity index is 1100. The molecule has 8 heteroatoms. The van der Waals surface area contributed by atoms with Crippen LogP contribution < -0.4 is 10.9 Å². The molecule has 5 nitrogen and oxygen atoms in total. The highest BCUT2D eigenvalue weighted by molar-refractivity contribution is 6.04. The summed E-state index contributed by atoms with van der Waals surface area (Å²) in [6.07, 6.45) is -4.42. The minimum absolute atomic E-state index is 0.0904. The molecule has 1 heterocycles. The number of rotatable bonds is 4. The van der Waals surface area contributed by atoms with Gasteiger partial charge in [-0.25, -0.2) is 4.68 Å². The van der Waals surface area contributed by atoms with E-state index in [0.29, 0.717) is 16.3 Å². The first-order chi connectivity index (χ1) is 13.6. The molecule has 0 aliphatic heterocycles. The topological polar surface area (TPSA) is 64.0 Å². The van der Waals surface area contributed by atoms with Crippen molar-refractivity contribution in [2.75, 3.05) is 0 Å². The molecular weight excluding hydrogens is 383 g/mol. The van der Waals surface area contributed by atoms with Crippen molar-refractivity contribution >= 4 is 16.7 Å².